The molecule has 1 N–H and O–H groups in total. The van der Waals surface area contributed by atoms with Gasteiger partial charge in [-0.2, -0.15) is 5.26 Å². The number of hydrogen-bond donors (Lipinski definition) is 1. The van der Waals surface area contributed by atoms with E-state index in [9.17, 15) is 4.79 Å². The van der Waals surface area contributed by atoms with Crippen LogP contribution in [0, 0.1) is 31.1 Å². The zero-order valence-electron chi connectivity index (χ0n) is 12.2. The molecule has 0 unspecified atom stereocenters. The normalized spacial score (nSPS) is 11.5. The van der Waals surface area contributed by atoms with Gasteiger partial charge in [-0.15, -0.1) is 0 Å². The molecule has 1 aromatic rings. The number of aryl methyl sites for hydroxylation is 1. The molecule has 0 spiro atoms. The Morgan fingerprint density at radius 3 is 2.63 bits per heavy atom. The van der Waals surface area contributed by atoms with Crippen LogP contribution in [0.5, 0.6) is 0 Å². The van der Waals surface area contributed by atoms with E-state index in [1.807, 2.05) is 26.0 Å². The van der Waals surface area contributed by atoms with Crippen molar-refractivity contribution < 1.29 is 4.79 Å². The second-order valence-electron chi connectivity index (χ2n) is 5.08. The fourth-order valence-electron chi connectivity index (χ4n) is 2.06. The predicted molar refractivity (Wildman–Crippen MR) is 76.4 cm³/mol. The summed E-state index contributed by atoms with van der Waals surface area (Å²) in [5, 5.41) is 11.5. The molecule has 1 aromatic heterocycles. The van der Waals surface area contributed by atoms with Crippen LogP contribution in [0.2, 0.25) is 0 Å². The van der Waals surface area contributed by atoms with Crippen molar-refractivity contribution in [2.24, 2.45) is 5.92 Å². The molecule has 102 valence electrons. The molecule has 1 heterocycles. The van der Waals surface area contributed by atoms with Crippen LogP contribution in [0.3, 0.4) is 0 Å². The van der Waals surface area contributed by atoms with E-state index in [-0.39, 0.29) is 11.5 Å². The van der Waals surface area contributed by atoms with E-state index >= 15 is 0 Å². The molecular weight excluding hydrogens is 238 g/mol. The van der Waals surface area contributed by atoms with Crippen LogP contribution in [-0.2, 0) is 11.3 Å². The second-order valence-corrected chi connectivity index (χ2v) is 5.08. The van der Waals surface area contributed by atoms with Gasteiger partial charge in [0.1, 0.15) is 11.6 Å². The molecule has 1 amide bonds. The van der Waals surface area contributed by atoms with E-state index in [4.69, 9.17) is 5.26 Å². The van der Waals surface area contributed by atoms with Crippen LogP contribution >= 0.6 is 0 Å². The molecule has 0 atom stereocenters. The monoisotopic (exact) mass is 259 g/mol. The smallest absolute Gasteiger partial charge is 0.261 e. The van der Waals surface area contributed by atoms with Gasteiger partial charge in [0.2, 0.25) is 0 Å². The van der Waals surface area contributed by atoms with Crippen LogP contribution < -0.4 is 5.32 Å². The van der Waals surface area contributed by atoms with Gasteiger partial charge in [-0.25, -0.2) is 0 Å². The van der Waals surface area contributed by atoms with E-state index in [0.717, 1.165) is 23.5 Å². The van der Waals surface area contributed by atoms with Gasteiger partial charge in [0.25, 0.3) is 5.91 Å². The molecule has 0 aromatic carbocycles. The molecule has 0 bridgehead atoms. The molecule has 0 aliphatic carbocycles. The molecule has 0 radical (unpaired) electrons. The number of aromatic nitrogens is 1. The first kappa shape index (κ1) is 15.0. The first-order valence-electron chi connectivity index (χ1n) is 6.41. The fraction of sp³-hybridized carbons (Fsp3) is 0.467. The highest BCUT2D eigenvalue weighted by Gasteiger charge is 2.12. The third-order valence-corrected chi connectivity index (χ3v) is 3.05. The molecular formula is C15H21N3O. The van der Waals surface area contributed by atoms with Crippen LogP contribution in [0.4, 0.5) is 0 Å². The summed E-state index contributed by atoms with van der Waals surface area (Å²) < 4.78 is 2.22. The zero-order valence-corrected chi connectivity index (χ0v) is 12.2. The van der Waals surface area contributed by atoms with Gasteiger partial charge in [-0.05, 0) is 37.5 Å². The molecule has 0 saturated heterocycles. The number of hydrogen-bond acceptors (Lipinski definition) is 2. The Morgan fingerprint density at radius 1 is 1.53 bits per heavy atom. The number of nitrogens with one attached hydrogen (secondary N) is 1. The van der Waals surface area contributed by atoms with Crippen molar-refractivity contribution in [3.63, 3.8) is 0 Å². The summed E-state index contributed by atoms with van der Waals surface area (Å²) in [6, 6.07) is 3.95. The Labute approximate surface area is 114 Å². The van der Waals surface area contributed by atoms with E-state index in [1.165, 1.54) is 7.05 Å². The van der Waals surface area contributed by atoms with Gasteiger partial charge in [0, 0.05) is 25.0 Å². The highest BCUT2D eigenvalue weighted by Crippen LogP contribution is 2.19. The van der Waals surface area contributed by atoms with Crippen molar-refractivity contribution >= 4 is 12.0 Å². The first-order chi connectivity index (χ1) is 8.90. The quantitative estimate of drug-likeness (QED) is 0.667. The first-order valence-corrected chi connectivity index (χ1v) is 6.41. The molecule has 1 rings (SSSR count). The standard InChI is InChI=1S/C15H21N3O/c1-10(2)9-18-11(3)6-13(12(18)4)7-14(8-16)15(19)17-5/h6-7,10H,9H2,1-5H3,(H,17,19)/b14-7+. The average Bonchev–Trinajstić information content (AvgIpc) is 2.62. The van der Waals surface area contributed by atoms with Crippen molar-refractivity contribution in [2.75, 3.05) is 7.05 Å². The molecule has 4 nitrogen and oxygen atoms in total. The summed E-state index contributed by atoms with van der Waals surface area (Å²) in [7, 11) is 1.52. The highest BCUT2D eigenvalue weighted by atomic mass is 16.1. The third-order valence-electron chi connectivity index (χ3n) is 3.05. The van der Waals surface area contributed by atoms with Gasteiger partial charge < -0.3 is 9.88 Å². The summed E-state index contributed by atoms with van der Waals surface area (Å²) in [6.07, 6.45) is 1.65. The van der Waals surface area contributed by atoms with Crippen LogP contribution in [0.1, 0.15) is 30.8 Å². The van der Waals surface area contributed by atoms with E-state index in [2.05, 4.69) is 23.7 Å². The lowest BCUT2D eigenvalue weighted by Gasteiger charge is -2.11. The Hall–Kier alpha value is -2.02. The third kappa shape index (κ3) is 3.47. The van der Waals surface area contributed by atoms with Gasteiger partial charge in [-0.3, -0.25) is 4.79 Å². The van der Waals surface area contributed by atoms with Crippen molar-refractivity contribution in [1.82, 2.24) is 9.88 Å². The maximum absolute atomic E-state index is 11.5. The Balaban J connectivity index is 3.20. The molecule has 0 fully saturated rings. The van der Waals surface area contributed by atoms with Gasteiger partial charge in [-0.1, -0.05) is 13.8 Å². The van der Waals surface area contributed by atoms with Crippen LogP contribution in [0.15, 0.2) is 11.6 Å². The minimum Gasteiger partial charge on any atom is -0.354 e. The zero-order chi connectivity index (χ0) is 14.6. The predicted octanol–water partition coefficient (Wildman–Crippen LogP) is 2.41. The largest absolute Gasteiger partial charge is 0.354 e. The lowest BCUT2D eigenvalue weighted by molar-refractivity contribution is -0.116. The van der Waals surface area contributed by atoms with E-state index in [0.29, 0.717) is 5.92 Å². The maximum atomic E-state index is 11.5. The Morgan fingerprint density at radius 2 is 2.16 bits per heavy atom. The number of likely N-dealkylation sites (N-methyl/N-ethyl adjacent to an activating group) is 1. The minimum absolute atomic E-state index is 0.132. The molecule has 4 heteroatoms. The maximum Gasteiger partial charge on any atom is 0.261 e. The number of amides is 1. The molecule has 19 heavy (non-hydrogen) atoms. The highest BCUT2D eigenvalue weighted by molar-refractivity contribution is 6.01. The fourth-order valence-corrected chi connectivity index (χ4v) is 2.06. The number of carbonyl (C=O) groups excluding carboxylic acids is 1. The van der Waals surface area contributed by atoms with E-state index < -0.39 is 0 Å². The summed E-state index contributed by atoms with van der Waals surface area (Å²) in [4.78, 5) is 11.5. The summed E-state index contributed by atoms with van der Waals surface area (Å²) >= 11 is 0. The van der Waals surface area contributed by atoms with Crippen molar-refractivity contribution in [3.05, 3.63) is 28.6 Å². The van der Waals surface area contributed by atoms with Crippen LogP contribution in [-0.4, -0.2) is 17.5 Å². The van der Waals surface area contributed by atoms with Crippen molar-refractivity contribution in [1.29, 1.82) is 5.26 Å². The van der Waals surface area contributed by atoms with Gasteiger partial charge >= 0.3 is 0 Å². The number of carbonyl (C=O) groups is 1. The number of rotatable bonds is 4. The summed E-state index contributed by atoms with van der Waals surface area (Å²) in [5.74, 6) is 0.201. The summed E-state index contributed by atoms with van der Waals surface area (Å²) in [5.41, 5.74) is 3.29. The van der Waals surface area contributed by atoms with Gasteiger partial charge in [0.05, 0.1) is 0 Å². The minimum atomic E-state index is -0.351. The molecule has 0 aliphatic heterocycles. The van der Waals surface area contributed by atoms with Crippen molar-refractivity contribution in [3.8, 4) is 6.07 Å². The SMILES string of the molecule is CNC(=O)/C(C#N)=C/c1cc(C)n(CC(C)C)c1C. The Kier molecular flexibility index (Phi) is 4.94. The van der Waals surface area contributed by atoms with Crippen LogP contribution in [0.25, 0.3) is 6.08 Å². The van der Waals surface area contributed by atoms with Gasteiger partial charge in [0.15, 0.2) is 0 Å². The lowest BCUT2D eigenvalue weighted by Crippen LogP contribution is -2.19. The number of nitriles is 1. The lowest BCUT2D eigenvalue weighted by atomic mass is 10.1. The summed E-state index contributed by atoms with van der Waals surface area (Å²) in [6.45, 7) is 9.32. The van der Waals surface area contributed by atoms with E-state index in [1.54, 1.807) is 6.08 Å². The topological polar surface area (TPSA) is 57.8 Å². The second kappa shape index (κ2) is 6.24. The molecule has 0 saturated carbocycles. The Bertz CT molecular complexity index is 544. The average molecular weight is 259 g/mol. The molecule has 0 aliphatic rings. The number of nitrogens with zero attached hydrogens (tertiary/aromatic N) is 2. The van der Waals surface area contributed by atoms with Crippen molar-refractivity contribution in [2.45, 2.75) is 34.2 Å².